The summed E-state index contributed by atoms with van der Waals surface area (Å²) in [5.41, 5.74) is 1.67. The van der Waals surface area contributed by atoms with Gasteiger partial charge in [0.15, 0.2) is 0 Å². The summed E-state index contributed by atoms with van der Waals surface area (Å²) in [6.45, 7) is 3.29. The quantitative estimate of drug-likeness (QED) is 0.894. The van der Waals surface area contributed by atoms with Gasteiger partial charge in [-0.3, -0.25) is 9.48 Å². The molecule has 0 saturated carbocycles. The molecule has 2 aliphatic heterocycles. The van der Waals surface area contributed by atoms with E-state index in [1.807, 2.05) is 35.1 Å². The maximum absolute atomic E-state index is 12.5. The van der Waals surface area contributed by atoms with Crippen LogP contribution in [0.5, 0.6) is 5.75 Å². The molecule has 1 fully saturated rings. The van der Waals surface area contributed by atoms with Gasteiger partial charge >= 0.3 is 0 Å². The van der Waals surface area contributed by atoms with Gasteiger partial charge in [-0.25, -0.2) is 0 Å². The summed E-state index contributed by atoms with van der Waals surface area (Å²) in [6, 6.07) is 10.2. The average Bonchev–Trinajstić information content (AvgIpc) is 3.17. The van der Waals surface area contributed by atoms with Gasteiger partial charge < -0.3 is 15.4 Å². The Morgan fingerprint density at radius 3 is 3.12 bits per heavy atom. The highest BCUT2D eigenvalue weighted by Crippen LogP contribution is 2.32. The summed E-state index contributed by atoms with van der Waals surface area (Å²) in [5, 5.41) is 10.9. The Labute approximate surface area is 147 Å². The van der Waals surface area contributed by atoms with E-state index in [9.17, 15) is 4.79 Å². The number of para-hydroxylation sites is 1. The fraction of sp³-hybridized carbons (Fsp3) is 0.474. The second kappa shape index (κ2) is 7.27. The highest BCUT2D eigenvalue weighted by atomic mass is 16.5. The summed E-state index contributed by atoms with van der Waals surface area (Å²) < 4.78 is 7.60. The number of fused-ring (bicyclic) bond motifs is 1. The summed E-state index contributed by atoms with van der Waals surface area (Å²) in [4.78, 5) is 12.5. The maximum atomic E-state index is 12.5. The Morgan fingerprint density at radius 1 is 1.32 bits per heavy atom. The Hall–Kier alpha value is -2.34. The fourth-order valence-corrected chi connectivity index (χ4v) is 3.66. The molecule has 3 heterocycles. The molecule has 2 aliphatic rings. The van der Waals surface area contributed by atoms with Crippen molar-refractivity contribution in [2.45, 2.75) is 31.2 Å². The number of nitrogens with one attached hydrogen (secondary N) is 2. The molecular formula is C19H24N4O2. The van der Waals surface area contributed by atoms with Crippen LogP contribution in [0.2, 0.25) is 0 Å². The molecule has 2 atom stereocenters. The molecule has 6 nitrogen and oxygen atoms in total. The van der Waals surface area contributed by atoms with E-state index in [1.54, 1.807) is 0 Å². The van der Waals surface area contributed by atoms with Crippen molar-refractivity contribution in [2.24, 2.45) is 0 Å². The largest absolute Gasteiger partial charge is 0.493 e. The highest BCUT2D eigenvalue weighted by molar-refractivity contribution is 5.92. The summed E-state index contributed by atoms with van der Waals surface area (Å²) in [5.74, 6) is 1.12. The predicted molar refractivity (Wildman–Crippen MR) is 95.0 cm³/mol. The van der Waals surface area contributed by atoms with Crippen LogP contribution in [0, 0.1) is 0 Å². The van der Waals surface area contributed by atoms with Crippen LogP contribution in [0.1, 0.15) is 47.3 Å². The number of hydrogen-bond acceptors (Lipinski definition) is 4. The number of carbonyl (C=O) groups is 1. The molecule has 4 rings (SSSR count). The third kappa shape index (κ3) is 3.54. The number of hydrogen-bond donors (Lipinski definition) is 2. The lowest BCUT2D eigenvalue weighted by Crippen LogP contribution is -2.33. The molecule has 25 heavy (non-hydrogen) atoms. The topological polar surface area (TPSA) is 68.2 Å². The van der Waals surface area contributed by atoms with Crippen LogP contribution in [0.15, 0.2) is 36.5 Å². The van der Waals surface area contributed by atoms with Crippen LogP contribution in [0.4, 0.5) is 0 Å². The van der Waals surface area contributed by atoms with Crippen molar-refractivity contribution in [1.29, 1.82) is 0 Å². The first-order chi connectivity index (χ1) is 12.3. The smallest absolute Gasteiger partial charge is 0.271 e. The van der Waals surface area contributed by atoms with E-state index >= 15 is 0 Å². The maximum Gasteiger partial charge on any atom is 0.271 e. The summed E-state index contributed by atoms with van der Waals surface area (Å²) >= 11 is 0. The van der Waals surface area contributed by atoms with Crippen LogP contribution in [0.3, 0.4) is 0 Å². The zero-order valence-corrected chi connectivity index (χ0v) is 14.3. The minimum Gasteiger partial charge on any atom is -0.493 e. The number of rotatable bonds is 4. The van der Waals surface area contributed by atoms with Gasteiger partial charge in [0, 0.05) is 25.2 Å². The van der Waals surface area contributed by atoms with Crippen molar-refractivity contribution < 1.29 is 9.53 Å². The molecule has 0 spiro atoms. The van der Waals surface area contributed by atoms with Crippen molar-refractivity contribution in [3.8, 4) is 5.75 Å². The molecule has 2 aromatic rings. The van der Waals surface area contributed by atoms with Gasteiger partial charge in [0.05, 0.1) is 12.6 Å². The third-order valence-corrected chi connectivity index (χ3v) is 5.08. The first-order valence-corrected chi connectivity index (χ1v) is 9.07. The van der Waals surface area contributed by atoms with Crippen LogP contribution in [0.25, 0.3) is 0 Å². The number of amides is 1. The monoisotopic (exact) mass is 340 g/mol. The number of nitrogens with zero attached hydrogens (tertiary/aromatic N) is 2. The highest BCUT2D eigenvalue weighted by Gasteiger charge is 2.22. The van der Waals surface area contributed by atoms with E-state index in [1.165, 1.54) is 5.56 Å². The number of aromatic nitrogens is 2. The minimum atomic E-state index is -0.105. The van der Waals surface area contributed by atoms with Crippen LogP contribution in [-0.4, -0.2) is 41.9 Å². The Balaban J connectivity index is 1.37. The number of carbonyl (C=O) groups excluding carboxylic acids is 1. The first-order valence-electron chi connectivity index (χ1n) is 9.07. The summed E-state index contributed by atoms with van der Waals surface area (Å²) in [7, 11) is 0. The molecular weight excluding hydrogens is 316 g/mol. The molecule has 1 saturated heterocycles. The fourth-order valence-electron chi connectivity index (χ4n) is 3.66. The Kier molecular flexibility index (Phi) is 4.70. The van der Waals surface area contributed by atoms with E-state index in [0.29, 0.717) is 30.8 Å². The zero-order chi connectivity index (χ0) is 17.1. The Morgan fingerprint density at radius 2 is 2.24 bits per heavy atom. The van der Waals surface area contributed by atoms with Gasteiger partial charge in [0.25, 0.3) is 5.91 Å². The third-order valence-electron chi connectivity index (χ3n) is 5.08. The first kappa shape index (κ1) is 16.1. The van der Waals surface area contributed by atoms with Crippen molar-refractivity contribution in [3.63, 3.8) is 0 Å². The zero-order valence-electron chi connectivity index (χ0n) is 14.3. The molecule has 0 radical (unpaired) electrons. The van der Waals surface area contributed by atoms with Gasteiger partial charge in [-0.1, -0.05) is 18.2 Å². The minimum absolute atomic E-state index is 0.105. The molecule has 1 amide bonds. The second-order valence-corrected chi connectivity index (χ2v) is 6.76. The van der Waals surface area contributed by atoms with Crippen molar-refractivity contribution in [3.05, 3.63) is 47.8 Å². The predicted octanol–water partition coefficient (Wildman–Crippen LogP) is 2.10. The molecule has 1 aromatic carbocycles. The van der Waals surface area contributed by atoms with E-state index < -0.39 is 0 Å². The summed E-state index contributed by atoms with van der Waals surface area (Å²) in [6.07, 6.45) is 5.08. The van der Waals surface area contributed by atoms with Gasteiger partial charge in [0.2, 0.25) is 0 Å². The lowest BCUT2D eigenvalue weighted by Gasteiger charge is -2.25. The molecule has 2 N–H and O–H groups in total. The van der Waals surface area contributed by atoms with E-state index in [2.05, 4.69) is 21.8 Å². The molecule has 0 aliphatic carbocycles. The van der Waals surface area contributed by atoms with Crippen molar-refractivity contribution in [1.82, 2.24) is 20.4 Å². The van der Waals surface area contributed by atoms with E-state index in [0.717, 1.165) is 38.1 Å². The van der Waals surface area contributed by atoms with E-state index in [-0.39, 0.29) is 5.91 Å². The van der Waals surface area contributed by atoms with Gasteiger partial charge in [0.1, 0.15) is 11.4 Å². The molecule has 132 valence electrons. The lowest BCUT2D eigenvalue weighted by molar-refractivity contribution is 0.0942. The standard InChI is InChI=1S/C19H24N4O2/c24-19(17-7-10-23(22-17)15-4-3-9-20-13-15)21-12-14-8-11-25-18-6-2-1-5-16(14)18/h1-2,5-7,10,14-15,20H,3-4,8-9,11-13H2,(H,21,24). The number of piperidine rings is 1. The van der Waals surface area contributed by atoms with Gasteiger partial charge in [-0.2, -0.15) is 5.10 Å². The van der Waals surface area contributed by atoms with Crippen molar-refractivity contribution in [2.75, 3.05) is 26.2 Å². The number of benzene rings is 1. The van der Waals surface area contributed by atoms with Crippen LogP contribution < -0.4 is 15.4 Å². The van der Waals surface area contributed by atoms with Crippen LogP contribution in [-0.2, 0) is 0 Å². The molecule has 1 aromatic heterocycles. The normalized spacial score (nSPS) is 22.7. The van der Waals surface area contributed by atoms with Gasteiger partial charge in [-0.15, -0.1) is 0 Å². The van der Waals surface area contributed by atoms with E-state index in [4.69, 9.17) is 4.74 Å². The average molecular weight is 340 g/mol. The lowest BCUT2D eigenvalue weighted by atomic mass is 9.93. The van der Waals surface area contributed by atoms with Gasteiger partial charge in [-0.05, 0) is 43.5 Å². The Bertz CT molecular complexity index is 737. The second-order valence-electron chi connectivity index (χ2n) is 6.76. The number of ether oxygens (including phenoxy) is 1. The SMILES string of the molecule is O=C(NCC1CCOc2ccccc21)c1ccn(C2CCCNC2)n1. The molecule has 0 bridgehead atoms. The molecule has 2 unspecified atom stereocenters. The molecule has 6 heteroatoms. The van der Waals surface area contributed by atoms with Crippen molar-refractivity contribution >= 4 is 5.91 Å². The van der Waals surface area contributed by atoms with Crippen LogP contribution >= 0.6 is 0 Å².